The van der Waals surface area contributed by atoms with Gasteiger partial charge in [0.2, 0.25) is 5.95 Å². The van der Waals surface area contributed by atoms with Gasteiger partial charge in [0.15, 0.2) is 5.78 Å². The van der Waals surface area contributed by atoms with Gasteiger partial charge < -0.3 is 4.74 Å². The SMILES string of the molecule is COC(=O)CC1(CC(=O)/C=C/c2c(-c3ccc(F)cc3)nc(N(C)S(C)(=O)=[OH+])nc2C(C)C)CC1. The summed E-state index contributed by atoms with van der Waals surface area (Å²) in [5.41, 5.74) is 1.78. The van der Waals surface area contributed by atoms with Gasteiger partial charge in [-0.1, -0.05) is 13.8 Å². The molecule has 0 amide bonds. The lowest BCUT2D eigenvalue weighted by molar-refractivity contribution is -0.142. The standard InChI is InChI=1S/C25H30FN3O5S/c1-16(2)22-20(11-10-19(30)14-25(12-13-25)15-21(31)34-4)23(17-6-8-18(26)9-7-17)28-24(27-22)29(3)35(5,32)33/h6-11,16H,12-15H2,1-5H3/p+1/b11-10+. The van der Waals surface area contributed by atoms with Gasteiger partial charge >= 0.3 is 16.0 Å². The molecule has 8 nitrogen and oxygen atoms in total. The maximum atomic E-state index is 13.6. The van der Waals surface area contributed by atoms with Crippen molar-refractivity contribution < 1.29 is 27.1 Å². The molecule has 1 aromatic carbocycles. The molecule has 3 rings (SSSR count). The highest BCUT2D eigenvalue weighted by Gasteiger charge is 2.45. The van der Waals surface area contributed by atoms with Crippen LogP contribution in [0.25, 0.3) is 17.3 Å². The second-order valence-electron chi connectivity index (χ2n) is 9.32. The molecule has 1 aliphatic carbocycles. The van der Waals surface area contributed by atoms with E-state index in [0.29, 0.717) is 22.5 Å². The van der Waals surface area contributed by atoms with Crippen molar-refractivity contribution in [2.24, 2.45) is 5.41 Å². The minimum absolute atomic E-state index is 0.0431. The largest absolute Gasteiger partial charge is 0.469 e. The lowest BCUT2D eigenvalue weighted by Gasteiger charge is -2.19. The Kier molecular flexibility index (Phi) is 7.74. The number of aromatic nitrogens is 2. The Balaban J connectivity index is 2.05. The number of esters is 1. The van der Waals surface area contributed by atoms with E-state index >= 15 is 0 Å². The van der Waals surface area contributed by atoms with Crippen molar-refractivity contribution in [2.45, 2.75) is 45.4 Å². The summed E-state index contributed by atoms with van der Waals surface area (Å²) < 4.78 is 41.7. The monoisotopic (exact) mass is 504 g/mol. The van der Waals surface area contributed by atoms with E-state index in [4.69, 9.17) is 4.74 Å². The molecule has 188 valence electrons. The van der Waals surface area contributed by atoms with Crippen LogP contribution in [0, 0.1) is 11.2 Å². The number of rotatable bonds is 10. The van der Waals surface area contributed by atoms with Gasteiger partial charge in [0.25, 0.3) is 0 Å². The van der Waals surface area contributed by atoms with Crippen LogP contribution in [-0.2, 0) is 24.3 Å². The molecular weight excluding hydrogens is 473 g/mol. The Hall–Kier alpha value is -3.14. The minimum Gasteiger partial charge on any atom is -0.469 e. The van der Waals surface area contributed by atoms with E-state index in [1.807, 2.05) is 13.8 Å². The summed E-state index contributed by atoms with van der Waals surface area (Å²) in [6, 6.07) is 5.71. The number of halogens is 1. The highest BCUT2D eigenvalue weighted by molar-refractivity contribution is 7.92. The fourth-order valence-corrected chi connectivity index (χ4v) is 4.16. The number of allylic oxidation sites excluding steroid dienone is 1. The smallest absolute Gasteiger partial charge is 0.367 e. The number of ether oxygens (including phenoxy) is 1. The molecule has 0 bridgehead atoms. The highest BCUT2D eigenvalue weighted by atomic mass is 32.2. The van der Waals surface area contributed by atoms with E-state index in [-0.39, 0.29) is 41.9 Å². The average Bonchev–Trinajstić information content (AvgIpc) is 3.54. The summed E-state index contributed by atoms with van der Waals surface area (Å²) in [6.07, 6.45) is 6.28. The van der Waals surface area contributed by atoms with Gasteiger partial charge in [0, 0.05) is 24.6 Å². The van der Waals surface area contributed by atoms with Crippen LogP contribution in [0.4, 0.5) is 10.3 Å². The summed E-state index contributed by atoms with van der Waals surface area (Å²) in [4.78, 5) is 33.6. The summed E-state index contributed by atoms with van der Waals surface area (Å²) >= 11 is 0. The molecule has 1 unspecified atom stereocenters. The number of nitrogens with zero attached hydrogens (tertiary/aromatic N) is 3. The van der Waals surface area contributed by atoms with Crippen LogP contribution in [0.5, 0.6) is 0 Å². The third-order valence-electron chi connectivity index (χ3n) is 6.11. The summed E-state index contributed by atoms with van der Waals surface area (Å²) in [5, 5.41) is 0. The van der Waals surface area contributed by atoms with Crippen LogP contribution in [0.1, 0.15) is 56.7 Å². The van der Waals surface area contributed by atoms with E-state index < -0.39 is 15.8 Å². The van der Waals surface area contributed by atoms with Crippen LogP contribution < -0.4 is 4.31 Å². The molecule has 1 saturated carbocycles. The van der Waals surface area contributed by atoms with Gasteiger partial charge in [-0.05, 0) is 60.6 Å². The average molecular weight is 505 g/mol. The number of ketones is 1. The van der Waals surface area contributed by atoms with Gasteiger partial charge in [-0.2, -0.15) is 4.21 Å². The summed E-state index contributed by atoms with van der Waals surface area (Å²) in [6.45, 7) is 3.83. The minimum atomic E-state index is -3.38. The molecule has 1 N–H and O–H groups in total. The molecule has 0 aliphatic heterocycles. The molecule has 1 aliphatic rings. The first-order chi connectivity index (χ1) is 16.3. The van der Waals surface area contributed by atoms with Crippen LogP contribution in [0.3, 0.4) is 0 Å². The van der Waals surface area contributed by atoms with Crippen LogP contribution in [0.15, 0.2) is 30.3 Å². The van der Waals surface area contributed by atoms with Crippen molar-refractivity contribution in [1.29, 1.82) is 0 Å². The second kappa shape index (κ2) is 10.2. The number of anilines is 1. The molecular formula is C25H31FN3O5S+. The third-order valence-corrected chi connectivity index (χ3v) is 7.29. The molecule has 1 fully saturated rings. The maximum absolute atomic E-state index is 13.6. The van der Waals surface area contributed by atoms with E-state index in [0.717, 1.165) is 23.4 Å². The Morgan fingerprint density at radius 3 is 2.37 bits per heavy atom. The van der Waals surface area contributed by atoms with Crippen molar-refractivity contribution in [3.05, 3.63) is 47.4 Å². The van der Waals surface area contributed by atoms with E-state index in [1.54, 1.807) is 18.2 Å². The predicted molar refractivity (Wildman–Crippen MR) is 133 cm³/mol. The van der Waals surface area contributed by atoms with Crippen molar-refractivity contribution in [3.63, 3.8) is 0 Å². The molecule has 0 saturated heterocycles. The Morgan fingerprint density at radius 1 is 1.23 bits per heavy atom. The number of carbonyl (C=O) groups excluding carboxylic acids is 2. The lowest BCUT2D eigenvalue weighted by atomic mass is 9.94. The van der Waals surface area contributed by atoms with Crippen LogP contribution in [0.2, 0.25) is 0 Å². The maximum Gasteiger partial charge on any atom is 0.367 e. The number of carbonyl (C=O) groups is 2. The van der Waals surface area contributed by atoms with Gasteiger partial charge in [0.1, 0.15) is 12.1 Å². The molecule has 0 spiro atoms. The quantitative estimate of drug-likeness (QED) is 0.271. The number of benzene rings is 1. The fourth-order valence-electron chi connectivity index (χ4n) is 3.78. The van der Waals surface area contributed by atoms with Crippen molar-refractivity contribution in [2.75, 3.05) is 24.7 Å². The molecule has 1 heterocycles. The lowest BCUT2D eigenvalue weighted by Crippen LogP contribution is -2.27. The fraction of sp³-hybridized carbons (Fsp3) is 0.440. The number of hydrogen-bond donors (Lipinski definition) is 0. The topological polar surface area (TPSA) is 111 Å². The molecule has 10 heteroatoms. The molecule has 2 aromatic rings. The Morgan fingerprint density at radius 2 is 1.86 bits per heavy atom. The zero-order valence-corrected chi connectivity index (χ0v) is 21.4. The molecule has 1 aromatic heterocycles. The second-order valence-corrected chi connectivity index (χ2v) is 11.4. The first kappa shape index (κ1) is 26.5. The summed E-state index contributed by atoms with van der Waals surface area (Å²) in [7, 11) is -0.625. The van der Waals surface area contributed by atoms with Crippen molar-refractivity contribution in [3.8, 4) is 11.3 Å². The third kappa shape index (κ3) is 6.50. The zero-order chi connectivity index (χ0) is 26.0. The van der Waals surface area contributed by atoms with E-state index in [9.17, 15) is 22.4 Å². The van der Waals surface area contributed by atoms with Gasteiger partial charge in [-0.3, -0.25) is 9.59 Å². The van der Waals surface area contributed by atoms with Crippen molar-refractivity contribution in [1.82, 2.24) is 9.97 Å². The summed E-state index contributed by atoms with van der Waals surface area (Å²) in [5.74, 6) is -0.950. The number of methoxy groups -OCH3 is 1. The molecule has 0 radical (unpaired) electrons. The first-order valence-electron chi connectivity index (χ1n) is 11.3. The predicted octanol–water partition coefficient (Wildman–Crippen LogP) is 4.27. The van der Waals surface area contributed by atoms with E-state index in [1.165, 1.54) is 32.4 Å². The Bertz CT molecular complexity index is 1250. The molecule has 1 atom stereocenters. The van der Waals surface area contributed by atoms with Crippen molar-refractivity contribution >= 4 is 33.8 Å². The van der Waals surface area contributed by atoms with Gasteiger partial charge in [0.05, 0.1) is 24.9 Å². The van der Waals surface area contributed by atoms with Crippen LogP contribution >= 0.6 is 0 Å². The first-order valence-corrected chi connectivity index (χ1v) is 13.1. The van der Waals surface area contributed by atoms with Gasteiger partial charge in [-0.25, -0.2) is 22.9 Å². The van der Waals surface area contributed by atoms with E-state index in [2.05, 4.69) is 9.97 Å². The normalized spacial score (nSPS) is 16.2. The highest BCUT2D eigenvalue weighted by Crippen LogP contribution is 2.52. The van der Waals surface area contributed by atoms with Gasteiger partial charge in [-0.15, -0.1) is 0 Å². The van der Waals surface area contributed by atoms with Crippen LogP contribution in [-0.4, -0.2) is 50.6 Å². The Labute approximate surface area is 205 Å². The zero-order valence-electron chi connectivity index (χ0n) is 20.6. The molecule has 35 heavy (non-hydrogen) atoms. The number of hydrogen-bond acceptors (Lipinski definition) is 6.